The van der Waals surface area contributed by atoms with Crippen LogP contribution in [-0.2, 0) is 12.8 Å². The quantitative estimate of drug-likeness (QED) is 0.341. The summed E-state index contributed by atoms with van der Waals surface area (Å²) in [7, 11) is 0. The Morgan fingerprint density at radius 1 is 0.943 bits per heavy atom. The molecule has 0 radical (unpaired) electrons. The minimum atomic E-state index is -0.122. The highest BCUT2D eigenvalue weighted by Crippen LogP contribution is 2.45. The van der Waals surface area contributed by atoms with Crippen LogP contribution < -0.4 is 0 Å². The number of amides is 1. The van der Waals surface area contributed by atoms with Crippen molar-refractivity contribution in [2.75, 3.05) is 0 Å². The maximum absolute atomic E-state index is 13.9. The van der Waals surface area contributed by atoms with Gasteiger partial charge in [0.1, 0.15) is 0 Å². The molecule has 1 saturated carbocycles. The van der Waals surface area contributed by atoms with E-state index in [1.807, 2.05) is 48.5 Å². The van der Waals surface area contributed by atoms with Crippen LogP contribution in [0.5, 0.6) is 0 Å². The average molecular weight is 522 g/mol. The van der Waals surface area contributed by atoms with Gasteiger partial charge in [-0.1, -0.05) is 47.5 Å². The average Bonchev–Trinajstić information content (AvgIpc) is 3.48. The Kier molecular flexibility index (Phi) is 6.30. The number of rotatable bonds is 3. The number of aryl methyl sites for hydroxylation is 2. The fraction of sp³-hybridized carbons (Fsp3) is 0.310. The summed E-state index contributed by atoms with van der Waals surface area (Å²) in [6.45, 7) is 0. The van der Waals surface area contributed by atoms with E-state index in [9.17, 15) is 4.79 Å². The molecule has 2 unspecified atom stereocenters. The van der Waals surface area contributed by atoms with Crippen LogP contribution in [-0.4, -0.2) is 16.6 Å². The molecule has 3 aliphatic rings. The normalized spacial score (nSPS) is 22.6. The molecule has 0 bridgehead atoms. The number of carbonyl (C=O) groups is 1. The predicted octanol–water partition coefficient (Wildman–Crippen LogP) is 8.37. The van der Waals surface area contributed by atoms with E-state index in [-0.39, 0.29) is 17.9 Å². The molecule has 0 N–H and O–H groups in total. The van der Waals surface area contributed by atoms with Gasteiger partial charge in [-0.05, 0) is 104 Å². The molecule has 178 valence electrons. The van der Waals surface area contributed by atoms with E-state index < -0.39 is 0 Å². The van der Waals surface area contributed by atoms with E-state index in [1.54, 1.807) is 16.3 Å². The minimum Gasteiger partial charge on any atom is -0.266 e. The van der Waals surface area contributed by atoms with Crippen LogP contribution in [0.25, 0.3) is 6.08 Å². The van der Waals surface area contributed by atoms with Gasteiger partial charge in [0.05, 0.1) is 16.6 Å². The fourth-order valence-electron chi connectivity index (χ4n) is 5.63. The minimum absolute atomic E-state index is 0.0112. The molecule has 3 aromatic rings. The first-order chi connectivity index (χ1) is 17.1. The molecule has 1 amide bonds. The van der Waals surface area contributed by atoms with Crippen LogP contribution in [0.15, 0.2) is 65.3 Å². The second-order valence-corrected chi connectivity index (χ2v) is 11.6. The monoisotopic (exact) mass is 520 g/mol. The molecule has 0 spiro atoms. The Morgan fingerprint density at radius 3 is 2.40 bits per heavy atom. The second-order valence-electron chi connectivity index (χ2n) is 9.62. The molecule has 6 rings (SSSR count). The third-order valence-electron chi connectivity index (χ3n) is 7.34. The van der Waals surface area contributed by atoms with Gasteiger partial charge in [-0.25, -0.2) is 5.01 Å². The summed E-state index contributed by atoms with van der Waals surface area (Å²) < 4.78 is 0. The van der Waals surface area contributed by atoms with Crippen molar-refractivity contribution in [3.8, 4) is 0 Å². The summed E-state index contributed by atoms with van der Waals surface area (Å²) in [6.07, 6.45) is 9.82. The van der Waals surface area contributed by atoms with E-state index in [0.717, 1.165) is 58.8 Å². The number of halogens is 2. The molecule has 2 atom stereocenters. The van der Waals surface area contributed by atoms with E-state index >= 15 is 0 Å². The highest BCUT2D eigenvalue weighted by atomic mass is 35.5. The molecule has 2 aliphatic carbocycles. The highest BCUT2D eigenvalue weighted by Gasteiger charge is 2.44. The lowest BCUT2D eigenvalue weighted by molar-refractivity contribution is 0.0686. The lowest BCUT2D eigenvalue weighted by atomic mass is 9.77. The van der Waals surface area contributed by atoms with Gasteiger partial charge in [-0.15, -0.1) is 11.3 Å². The van der Waals surface area contributed by atoms with Crippen molar-refractivity contribution in [2.45, 2.75) is 51.0 Å². The predicted molar refractivity (Wildman–Crippen MR) is 146 cm³/mol. The number of carbonyl (C=O) groups excluding carboxylic acids is 1. The third-order valence-corrected chi connectivity index (χ3v) is 9.07. The zero-order valence-electron chi connectivity index (χ0n) is 19.3. The second kappa shape index (κ2) is 9.57. The van der Waals surface area contributed by atoms with Crippen molar-refractivity contribution < 1.29 is 4.79 Å². The van der Waals surface area contributed by atoms with Gasteiger partial charge in [0.2, 0.25) is 0 Å². The van der Waals surface area contributed by atoms with Crippen molar-refractivity contribution in [3.05, 3.63) is 96.7 Å². The van der Waals surface area contributed by atoms with Crippen LogP contribution >= 0.6 is 34.5 Å². The first-order valence-electron chi connectivity index (χ1n) is 12.3. The Hall–Kier alpha value is -2.40. The lowest BCUT2D eigenvalue weighted by Gasteiger charge is -2.29. The van der Waals surface area contributed by atoms with Crippen molar-refractivity contribution in [2.24, 2.45) is 11.0 Å². The highest BCUT2D eigenvalue weighted by molar-refractivity contribution is 7.14. The van der Waals surface area contributed by atoms with Gasteiger partial charge >= 0.3 is 0 Å². The number of nitrogens with zero attached hydrogens (tertiary/aromatic N) is 2. The summed E-state index contributed by atoms with van der Waals surface area (Å²) >= 11 is 14.0. The maximum Gasteiger partial charge on any atom is 0.284 e. The first-order valence-corrected chi connectivity index (χ1v) is 13.9. The Bertz CT molecular complexity index is 1300. The Labute approximate surface area is 220 Å². The van der Waals surface area contributed by atoms with Crippen LogP contribution in [0.1, 0.15) is 69.4 Å². The van der Waals surface area contributed by atoms with E-state index in [2.05, 4.69) is 12.1 Å². The van der Waals surface area contributed by atoms with Crippen LogP contribution in [0.3, 0.4) is 0 Å². The summed E-state index contributed by atoms with van der Waals surface area (Å²) in [4.78, 5) is 16.1. The molecular weight excluding hydrogens is 495 g/mol. The first kappa shape index (κ1) is 23.0. The zero-order valence-corrected chi connectivity index (χ0v) is 21.7. The topological polar surface area (TPSA) is 32.7 Å². The Morgan fingerprint density at radius 2 is 1.66 bits per heavy atom. The number of hydrogen-bond donors (Lipinski definition) is 0. The summed E-state index contributed by atoms with van der Waals surface area (Å²) in [5.74, 6) is 0.180. The van der Waals surface area contributed by atoms with Gasteiger partial charge in [0.15, 0.2) is 0 Å². The van der Waals surface area contributed by atoms with Crippen molar-refractivity contribution >= 4 is 52.2 Å². The maximum atomic E-state index is 13.9. The Balaban J connectivity index is 1.41. The van der Waals surface area contributed by atoms with Gasteiger partial charge in [0, 0.05) is 20.8 Å². The number of fused-ring (bicyclic) bond motifs is 2. The molecule has 3 nitrogen and oxygen atoms in total. The molecular formula is C29H26Cl2N2OS. The van der Waals surface area contributed by atoms with Gasteiger partial charge < -0.3 is 0 Å². The largest absolute Gasteiger partial charge is 0.284 e. The van der Waals surface area contributed by atoms with E-state index in [1.165, 1.54) is 28.9 Å². The molecule has 6 heteroatoms. The number of thiophene rings is 1. The van der Waals surface area contributed by atoms with Crippen LogP contribution in [0.4, 0.5) is 0 Å². The fourth-order valence-corrected chi connectivity index (χ4v) is 7.07. The van der Waals surface area contributed by atoms with Crippen molar-refractivity contribution in [1.82, 2.24) is 5.01 Å². The smallest absolute Gasteiger partial charge is 0.266 e. The lowest BCUT2D eigenvalue weighted by Crippen LogP contribution is -2.31. The van der Waals surface area contributed by atoms with Gasteiger partial charge in [0.25, 0.3) is 5.91 Å². The van der Waals surface area contributed by atoms with Gasteiger partial charge in [-0.2, -0.15) is 5.10 Å². The standard InChI is InChI=1S/C29H26Cl2N2OS/c30-22-12-8-18(9-13-22)16-21-5-3-6-24-27(21)32-33(28(24)19-10-14-23(31)15-11-19)29(34)26-17-20-4-1-2-7-25(20)35-26/h8-17,24,28H,1-7H2. The van der Waals surface area contributed by atoms with Crippen LogP contribution in [0, 0.1) is 5.92 Å². The SMILES string of the molecule is O=C(c1cc2c(s1)CCCC2)N1N=C2C(=Cc3ccc(Cl)cc3)CCCC2C1c1ccc(Cl)cc1. The van der Waals surface area contributed by atoms with E-state index in [0.29, 0.717) is 5.02 Å². The zero-order chi connectivity index (χ0) is 23.9. The van der Waals surface area contributed by atoms with Crippen molar-refractivity contribution in [3.63, 3.8) is 0 Å². The van der Waals surface area contributed by atoms with Crippen LogP contribution in [0.2, 0.25) is 10.0 Å². The molecule has 2 aromatic carbocycles. The number of benzene rings is 2. The molecule has 0 saturated heterocycles. The molecule has 1 aromatic heterocycles. The summed E-state index contributed by atoms with van der Waals surface area (Å²) in [5.41, 5.74) is 5.79. The van der Waals surface area contributed by atoms with Gasteiger partial charge in [-0.3, -0.25) is 4.79 Å². The molecule has 2 heterocycles. The molecule has 1 aliphatic heterocycles. The molecule has 35 heavy (non-hydrogen) atoms. The third kappa shape index (κ3) is 4.48. The number of hydrogen-bond acceptors (Lipinski definition) is 3. The van der Waals surface area contributed by atoms with Crippen molar-refractivity contribution in [1.29, 1.82) is 0 Å². The molecule has 1 fully saturated rings. The summed E-state index contributed by atoms with van der Waals surface area (Å²) in [5, 5.41) is 8.24. The summed E-state index contributed by atoms with van der Waals surface area (Å²) in [6, 6.07) is 17.8. The number of allylic oxidation sites excluding steroid dienone is 1. The van der Waals surface area contributed by atoms with E-state index in [4.69, 9.17) is 28.3 Å². The number of hydrazone groups is 1.